The fraction of sp³-hybridized carbons (Fsp3) is 0.0698. The standard InChI is InChI=1S/C43H31N3/c1-43(2)36-20-9-6-19-35(36)41-39(43)40(31-16-12-15-30(27-31)28-13-4-3-5-14-28)44-42(45-41)29-23-25-32(26-24-29)46-37-21-10-7-17-33(37)34-18-8-11-22-38(34)46/h3-27H,1-2H3. The molecule has 0 aliphatic heterocycles. The highest BCUT2D eigenvalue weighted by Crippen LogP contribution is 2.51. The van der Waals surface area contributed by atoms with Crippen molar-refractivity contribution in [1.29, 1.82) is 0 Å². The van der Waals surface area contributed by atoms with Gasteiger partial charge in [-0.15, -0.1) is 0 Å². The summed E-state index contributed by atoms with van der Waals surface area (Å²) in [6.07, 6.45) is 0. The molecule has 0 radical (unpaired) electrons. The molecule has 0 N–H and O–H groups in total. The van der Waals surface area contributed by atoms with Crippen LogP contribution in [0.3, 0.4) is 0 Å². The summed E-state index contributed by atoms with van der Waals surface area (Å²) in [5, 5.41) is 2.51. The van der Waals surface area contributed by atoms with Gasteiger partial charge in [-0.3, -0.25) is 0 Å². The molecule has 46 heavy (non-hydrogen) atoms. The number of rotatable bonds is 4. The highest BCUT2D eigenvalue weighted by molar-refractivity contribution is 6.09. The molecule has 0 saturated heterocycles. The van der Waals surface area contributed by atoms with E-state index in [2.05, 4.69) is 170 Å². The van der Waals surface area contributed by atoms with Crippen molar-refractivity contribution in [3.8, 4) is 50.7 Å². The zero-order valence-corrected chi connectivity index (χ0v) is 25.8. The molecule has 1 aliphatic carbocycles. The van der Waals surface area contributed by atoms with Crippen LogP contribution in [0.4, 0.5) is 0 Å². The molecule has 0 amide bonds. The number of fused-ring (bicyclic) bond motifs is 6. The lowest BCUT2D eigenvalue weighted by Gasteiger charge is -2.24. The van der Waals surface area contributed by atoms with Gasteiger partial charge in [-0.25, -0.2) is 9.97 Å². The van der Waals surface area contributed by atoms with Crippen LogP contribution in [0, 0.1) is 0 Å². The van der Waals surface area contributed by atoms with Crippen molar-refractivity contribution in [1.82, 2.24) is 14.5 Å². The topological polar surface area (TPSA) is 30.7 Å². The van der Waals surface area contributed by atoms with Crippen LogP contribution in [0.15, 0.2) is 152 Å². The number of benzene rings is 6. The predicted molar refractivity (Wildman–Crippen MR) is 190 cm³/mol. The summed E-state index contributed by atoms with van der Waals surface area (Å²) in [4.78, 5) is 10.7. The molecule has 0 fully saturated rings. The Labute approximate surface area is 268 Å². The van der Waals surface area contributed by atoms with Crippen molar-refractivity contribution in [2.24, 2.45) is 0 Å². The molecule has 0 spiro atoms. The second-order valence-electron chi connectivity index (χ2n) is 12.7. The summed E-state index contributed by atoms with van der Waals surface area (Å²) >= 11 is 0. The second kappa shape index (κ2) is 10.1. The van der Waals surface area contributed by atoms with Gasteiger partial charge in [0.05, 0.1) is 22.4 Å². The Hall–Kier alpha value is -5.80. The van der Waals surface area contributed by atoms with Gasteiger partial charge in [0.15, 0.2) is 5.82 Å². The maximum absolute atomic E-state index is 5.37. The van der Waals surface area contributed by atoms with E-state index in [-0.39, 0.29) is 5.41 Å². The minimum atomic E-state index is -0.233. The summed E-state index contributed by atoms with van der Waals surface area (Å²) in [5.74, 6) is 0.736. The first kappa shape index (κ1) is 26.6. The number of nitrogens with zero attached hydrogens (tertiary/aromatic N) is 3. The maximum atomic E-state index is 5.37. The molecule has 218 valence electrons. The van der Waals surface area contributed by atoms with Gasteiger partial charge in [0, 0.05) is 44.1 Å². The first-order valence-corrected chi connectivity index (χ1v) is 15.9. The molecule has 9 rings (SSSR count). The van der Waals surface area contributed by atoms with E-state index in [4.69, 9.17) is 9.97 Å². The summed E-state index contributed by atoms with van der Waals surface area (Å²) in [6, 6.07) is 54.0. The van der Waals surface area contributed by atoms with Crippen molar-refractivity contribution >= 4 is 21.8 Å². The number of hydrogen-bond donors (Lipinski definition) is 0. The Balaban J connectivity index is 1.23. The largest absolute Gasteiger partial charge is 0.309 e. The Morgan fingerprint density at radius 2 is 1.07 bits per heavy atom. The molecule has 0 unspecified atom stereocenters. The zero-order valence-electron chi connectivity index (χ0n) is 25.8. The van der Waals surface area contributed by atoms with Gasteiger partial charge in [-0.2, -0.15) is 0 Å². The summed E-state index contributed by atoms with van der Waals surface area (Å²) in [6.45, 7) is 4.59. The Bertz CT molecular complexity index is 2380. The SMILES string of the molecule is CC1(C)c2ccccc2-c2nc(-c3ccc(-n4c5ccccc5c5ccccc54)cc3)nc(-c3cccc(-c4ccccc4)c3)c21. The van der Waals surface area contributed by atoms with E-state index in [1.807, 2.05) is 0 Å². The van der Waals surface area contributed by atoms with E-state index in [0.29, 0.717) is 0 Å². The second-order valence-corrected chi connectivity index (χ2v) is 12.7. The van der Waals surface area contributed by atoms with Gasteiger partial charge < -0.3 is 4.57 Å². The van der Waals surface area contributed by atoms with Crippen LogP contribution in [-0.2, 0) is 5.41 Å². The zero-order chi connectivity index (χ0) is 30.8. The average molecular weight is 590 g/mol. The molecular weight excluding hydrogens is 558 g/mol. The molecule has 2 aromatic heterocycles. The molecule has 2 heterocycles. The van der Waals surface area contributed by atoms with Crippen LogP contribution in [0.25, 0.3) is 72.5 Å². The van der Waals surface area contributed by atoms with Crippen molar-refractivity contribution in [3.63, 3.8) is 0 Å². The molecule has 0 bridgehead atoms. The number of para-hydroxylation sites is 2. The minimum Gasteiger partial charge on any atom is -0.309 e. The molecule has 6 aromatic carbocycles. The number of aromatic nitrogens is 3. The average Bonchev–Trinajstić information content (AvgIpc) is 3.57. The van der Waals surface area contributed by atoms with E-state index in [9.17, 15) is 0 Å². The lowest BCUT2D eigenvalue weighted by atomic mass is 9.80. The van der Waals surface area contributed by atoms with Crippen molar-refractivity contribution in [2.75, 3.05) is 0 Å². The first-order chi connectivity index (χ1) is 22.6. The van der Waals surface area contributed by atoms with Crippen LogP contribution in [0.1, 0.15) is 25.0 Å². The van der Waals surface area contributed by atoms with Crippen LogP contribution >= 0.6 is 0 Å². The molecule has 0 saturated carbocycles. The van der Waals surface area contributed by atoms with Crippen molar-refractivity contribution in [3.05, 3.63) is 163 Å². The summed E-state index contributed by atoms with van der Waals surface area (Å²) in [7, 11) is 0. The van der Waals surface area contributed by atoms with Crippen molar-refractivity contribution in [2.45, 2.75) is 19.3 Å². The third-order valence-corrected chi connectivity index (χ3v) is 9.60. The van der Waals surface area contributed by atoms with E-state index in [1.54, 1.807) is 0 Å². The van der Waals surface area contributed by atoms with Gasteiger partial charge in [-0.1, -0.05) is 123 Å². The molecule has 3 heteroatoms. The Morgan fingerprint density at radius 1 is 0.478 bits per heavy atom. The maximum Gasteiger partial charge on any atom is 0.160 e. The van der Waals surface area contributed by atoms with Crippen LogP contribution in [0.5, 0.6) is 0 Å². The highest BCUT2D eigenvalue weighted by atomic mass is 15.0. The van der Waals surface area contributed by atoms with Crippen molar-refractivity contribution < 1.29 is 0 Å². The Morgan fingerprint density at radius 3 is 1.80 bits per heavy atom. The third kappa shape index (κ3) is 3.98. The molecule has 8 aromatic rings. The molecule has 0 atom stereocenters. The van der Waals surface area contributed by atoms with E-state index < -0.39 is 0 Å². The lowest BCUT2D eigenvalue weighted by molar-refractivity contribution is 0.658. The molecule has 3 nitrogen and oxygen atoms in total. The lowest BCUT2D eigenvalue weighted by Crippen LogP contribution is -2.17. The summed E-state index contributed by atoms with van der Waals surface area (Å²) in [5.41, 5.74) is 13.4. The van der Waals surface area contributed by atoms with Gasteiger partial charge in [0.2, 0.25) is 0 Å². The van der Waals surface area contributed by atoms with E-state index in [0.717, 1.165) is 34.0 Å². The summed E-state index contributed by atoms with van der Waals surface area (Å²) < 4.78 is 2.34. The first-order valence-electron chi connectivity index (χ1n) is 15.9. The molecule has 1 aliphatic rings. The van der Waals surface area contributed by atoms with Crippen LogP contribution < -0.4 is 0 Å². The predicted octanol–water partition coefficient (Wildman–Crippen LogP) is 10.9. The minimum absolute atomic E-state index is 0.233. The van der Waals surface area contributed by atoms with Crippen LogP contribution in [-0.4, -0.2) is 14.5 Å². The van der Waals surface area contributed by atoms with E-state index in [1.165, 1.54) is 49.6 Å². The Kier molecular flexibility index (Phi) is 5.85. The number of hydrogen-bond acceptors (Lipinski definition) is 2. The van der Waals surface area contributed by atoms with Crippen LogP contribution in [0.2, 0.25) is 0 Å². The fourth-order valence-electron chi connectivity index (χ4n) is 7.39. The van der Waals surface area contributed by atoms with Gasteiger partial charge >= 0.3 is 0 Å². The van der Waals surface area contributed by atoms with Gasteiger partial charge in [-0.05, 0) is 59.2 Å². The fourth-order valence-corrected chi connectivity index (χ4v) is 7.39. The smallest absolute Gasteiger partial charge is 0.160 e. The monoisotopic (exact) mass is 589 g/mol. The van der Waals surface area contributed by atoms with Gasteiger partial charge in [0.25, 0.3) is 0 Å². The van der Waals surface area contributed by atoms with Gasteiger partial charge in [0.1, 0.15) is 0 Å². The quantitative estimate of drug-likeness (QED) is 0.204. The van der Waals surface area contributed by atoms with E-state index >= 15 is 0 Å². The highest BCUT2D eigenvalue weighted by Gasteiger charge is 2.40. The normalized spacial score (nSPS) is 13.2. The molecular formula is C43H31N3. The third-order valence-electron chi connectivity index (χ3n) is 9.60.